The molecule has 0 bridgehead atoms. The van der Waals surface area contributed by atoms with Crippen molar-refractivity contribution in [1.82, 2.24) is 9.78 Å². The minimum Gasteiger partial charge on any atom is -0.382 e. The van der Waals surface area contributed by atoms with Crippen molar-refractivity contribution in [2.45, 2.75) is 0 Å². The van der Waals surface area contributed by atoms with Gasteiger partial charge in [0.1, 0.15) is 5.82 Å². The zero-order chi connectivity index (χ0) is 9.26. The van der Waals surface area contributed by atoms with E-state index in [4.69, 9.17) is 5.73 Å². The third kappa shape index (κ3) is 1.70. The molecule has 0 saturated heterocycles. The fraction of sp³-hybridized carbons (Fsp3) is 0. The highest BCUT2D eigenvalue weighted by Gasteiger charge is 1.96. The van der Waals surface area contributed by atoms with Crippen molar-refractivity contribution < 1.29 is 0 Å². The Kier molecular flexibility index (Phi) is 2.03. The van der Waals surface area contributed by atoms with Gasteiger partial charge in [-0.1, -0.05) is 12.1 Å². The van der Waals surface area contributed by atoms with Gasteiger partial charge in [-0.25, -0.2) is 4.68 Å². The van der Waals surface area contributed by atoms with Gasteiger partial charge >= 0.3 is 0 Å². The summed E-state index contributed by atoms with van der Waals surface area (Å²) in [4.78, 5) is 0. The molecular weight excluding hydrogens is 181 g/mol. The normalized spacial score (nSPS) is 10.2. The number of aromatic nitrogens is 2. The van der Waals surface area contributed by atoms with Crippen LogP contribution in [0.15, 0.2) is 36.5 Å². The maximum Gasteiger partial charge on any atom is 0.145 e. The molecule has 66 valence electrons. The molecule has 4 heteroatoms. The highest BCUT2D eigenvalue weighted by Crippen LogP contribution is 2.07. The Bertz CT molecular complexity index is 405. The first-order valence-corrected chi connectivity index (χ1v) is 4.50. The van der Waals surface area contributed by atoms with Crippen LogP contribution >= 0.6 is 9.24 Å². The smallest absolute Gasteiger partial charge is 0.145 e. The Labute approximate surface area is 78.8 Å². The summed E-state index contributed by atoms with van der Waals surface area (Å²) in [6.45, 7) is 0. The third-order valence-electron chi connectivity index (χ3n) is 1.77. The lowest BCUT2D eigenvalue weighted by Gasteiger charge is -2.00. The average Bonchev–Trinajstić information content (AvgIpc) is 2.53. The van der Waals surface area contributed by atoms with E-state index in [1.807, 2.05) is 30.5 Å². The molecule has 0 aliphatic carbocycles. The van der Waals surface area contributed by atoms with Crippen molar-refractivity contribution >= 4 is 20.4 Å². The van der Waals surface area contributed by atoms with Crippen LogP contribution in [0.1, 0.15) is 0 Å². The van der Waals surface area contributed by atoms with Crippen LogP contribution in [0.5, 0.6) is 0 Å². The zero-order valence-electron chi connectivity index (χ0n) is 7.01. The number of rotatable bonds is 1. The number of benzene rings is 1. The van der Waals surface area contributed by atoms with Gasteiger partial charge in [-0.15, -0.1) is 9.24 Å². The van der Waals surface area contributed by atoms with Gasteiger partial charge in [0.05, 0.1) is 5.69 Å². The molecule has 1 aromatic heterocycles. The molecule has 0 spiro atoms. The number of nitrogen functional groups attached to an aromatic ring is 1. The van der Waals surface area contributed by atoms with Gasteiger partial charge in [0.25, 0.3) is 0 Å². The summed E-state index contributed by atoms with van der Waals surface area (Å²) in [6.07, 6.45) is 1.84. The molecule has 3 nitrogen and oxygen atoms in total. The first-order chi connectivity index (χ1) is 6.25. The molecule has 13 heavy (non-hydrogen) atoms. The van der Waals surface area contributed by atoms with Gasteiger partial charge in [-0.3, -0.25) is 0 Å². The van der Waals surface area contributed by atoms with Crippen LogP contribution in [0, 0.1) is 0 Å². The molecule has 0 saturated carbocycles. The summed E-state index contributed by atoms with van der Waals surface area (Å²) in [5.74, 6) is 0.537. The van der Waals surface area contributed by atoms with Crippen LogP contribution < -0.4 is 11.0 Å². The Hall–Kier alpha value is -1.34. The molecule has 0 radical (unpaired) electrons. The van der Waals surface area contributed by atoms with Crippen molar-refractivity contribution in [3.05, 3.63) is 36.5 Å². The molecule has 0 fully saturated rings. The van der Waals surface area contributed by atoms with E-state index in [0.717, 1.165) is 11.0 Å². The summed E-state index contributed by atoms with van der Waals surface area (Å²) in [6, 6.07) is 9.79. The minimum absolute atomic E-state index is 0.537. The maximum atomic E-state index is 5.51. The van der Waals surface area contributed by atoms with E-state index in [1.165, 1.54) is 0 Å². The van der Waals surface area contributed by atoms with Crippen molar-refractivity contribution in [1.29, 1.82) is 0 Å². The second-order valence-corrected chi connectivity index (χ2v) is 3.44. The number of hydrogen-bond acceptors (Lipinski definition) is 2. The molecule has 0 aliphatic rings. The summed E-state index contributed by atoms with van der Waals surface area (Å²) in [7, 11) is 2.64. The Morgan fingerprint density at radius 3 is 2.38 bits per heavy atom. The van der Waals surface area contributed by atoms with E-state index in [0.29, 0.717) is 5.82 Å². The molecular formula is C9H10N3P. The van der Waals surface area contributed by atoms with E-state index < -0.39 is 0 Å². The van der Waals surface area contributed by atoms with Crippen LogP contribution in [-0.4, -0.2) is 9.78 Å². The zero-order valence-corrected chi connectivity index (χ0v) is 8.17. The molecule has 2 rings (SSSR count). The predicted octanol–water partition coefficient (Wildman–Crippen LogP) is 0.955. The molecule has 1 unspecified atom stereocenters. The SMILES string of the molecule is Nc1ccn(-c2ccc(P)cc2)n1. The Morgan fingerprint density at radius 2 is 1.85 bits per heavy atom. The van der Waals surface area contributed by atoms with Crippen LogP contribution in [0.2, 0.25) is 0 Å². The Balaban J connectivity index is 2.41. The van der Waals surface area contributed by atoms with Gasteiger partial charge in [-0.2, -0.15) is 5.10 Å². The first-order valence-electron chi connectivity index (χ1n) is 3.93. The monoisotopic (exact) mass is 191 g/mol. The molecule has 1 aromatic carbocycles. The molecule has 2 N–H and O–H groups in total. The molecule has 0 aliphatic heterocycles. The fourth-order valence-electron chi connectivity index (χ4n) is 1.11. The highest BCUT2D eigenvalue weighted by molar-refractivity contribution is 7.27. The molecule has 1 heterocycles. The van der Waals surface area contributed by atoms with Crippen molar-refractivity contribution in [3.8, 4) is 5.69 Å². The number of nitrogens with two attached hydrogens (primary N) is 1. The van der Waals surface area contributed by atoms with E-state index in [9.17, 15) is 0 Å². The van der Waals surface area contributed by atoms with E-state index in [2.05, 4.69) is 14.3 Å². The van der Waals surface area contributed by atoms with Crippen LogP contribution in [0.3, 0.4) is 0 Å². The largest absolute Gasteiger partial charge is 0.382 e. The Morgan fingerprint density at radius 1 is 1.15 bits per heavy atom. The lowest BCUT2D eigenvalue weighted by atomic mass is 10.3. The van der Waals surface area contributed by atoms with E-state index in [-0.39, 0.29) is 0 Å². The summed E-state index contributed by atoms with van der Waals surface area (Å²) < 4.78 is 1.75. The number of hydrogen-bond donors (Lipinski definition) is 1. The van der Waals surface area contributed by atoms with Crippen molar-refractivity contribution in [2.24, 2.45) is 0 Å². The van der Waals surface area contributed by atoms with Gasteiger partial charge in [0.2, 0.25) is 0 Å². The van der Waals surface area contributed by atoms with Crippen LogP contribution in [0.4, 0.5) is 5.82 Å². The maximum absolute atomic E-state index is 5.51. The summed E-state index contributed by atoms with van der Waals surface area (Å²) >= 11 is 0. The lowest BCUT2D eigenvalue weighted by molar-refractivity contribution is 0.886. The van der Waals surface area contributed by atoms with Crippen molar-refractivity contribution in [3.63, 3.8) is 0 Å². The quantitative estimate of drug-likeness (QED) is 0.682. The average molecular weight is 191 g/mol. The van der Waals surface area contributed by atoms with Gasteiger partial charge in [0, 0.05) is 12.3 Å². The standard InChI is InChI=1S/C9H10N3P/c10-9-5-6-12(11-9)7-1-3-8(13)4-2-7/h1-6H,13H2,(H2,10,11). The molecule has 2 aromatic rings. The fourth-order valence-corrected chi connectivity index (χ4v) is 1.30. The second-order valence-electron chi connectivity index (χ2n) is 2.78. The second kappa shape index (κ2) is 3.19. The summed E-state index contributed by atoms with van der Waals surface area (Å²) in [5, 5.41) is 5.25. The van der Waals surface area contributed by atoms with Gasteiger partial charge < -0.3 is 5.73 Å². The number of nitrogens with zero attached hydrogens (tertiary/aromatic N) is 2. The predicted molar refractivity (Wildman–Crippen MR) is 57.3 cm³/mol. The highest BCUT2D eigenvalue weighted by atomic mass is 31.0. The summed E-state index contributed by atoms with van der Waals surface area (Å²) in [5.41, 5.74) is 6.53. The van der Waals surface area contributed by atoms with E-state index in [1.54, 1.807) is 10.7 Å². The molecule has 1 atom stereocenters. The van der Waals surface area contributed by atoms with Gasteiger partial charge in [-0.05, 0) is 17.4 Å². The molecule has 0 amide bonds. The van der Waals surface area contributed by atoms with Crippen molar-refractivity contribution in [2.75, 3.05) is 5.73 Å². The van der Waals surface area contributed by atoms with Gasteiger partial charge in [0.15, 0.2) is 0 Å². The van der Waals surface area contributed by atoms with Crippen LogP contribution in [0.25, 0.3) is 5.69 Å². The van der Waals surface area contributed by atoms with Crippen LogP contribution in [-0.2, 0) is 0 Å². The van der Waals surface area contributed by atoms with E-state index >= 15 is 0 Å². The minimum atomic E-state index is 0.537. The first kappa shape index (κ1) is 8.27. The topological polar surface area (TPSA) is 43.8 Å². The third-order valence-corrected chi connectivity index (χ3v) is 2.15. The lowest BCUT2D eigenvalue weighted by Crippen LogP contribution is -1.98. The number of anilines is 1.